The largest absolute Gasteiger partial charge is 0.416 e. The molecule has 0 bridgehead atoms. The summed E-state index contributed by atoms with van der Waals surface area (Å²) in [4.78, 5) is 0. The van der Waals surface area contributed by atoms with E-state index in [4.69, 9.17) is 0 Å². The summed E-state index contributed by atoms with van der Waals surface area (Å²) < 4.78 is 74.6. The van der Waals surface area contributed by atoms with Gasteiger partial charge in [-0.2, -0.15) is 26.3 Å². The SMILES string of the molecule is C[C@@H](P)c1cc(C(F)(F)F)cc(C(F)(F)F)c1. The summed E-state index contributed by atoms with van der Waals surface area (Å²) in [7, 11) is 2.17. The average molecular weight is 274 g/mol. The highest BCUT2D eigenvalue weighted by Crippen LogP contribution is 2.38. The van der Waals surface area contributed by atoms with Crippen molar-refractivity contribution < 1.29 is 26.3 Å². The van der Waals surface area contributed by atoms with Gasteiger partial charge in [0.2, 0.25) is 0 Å². The molecule has 0 heterocycles. The maximum atomic E-state index is 12.4. The smallest absolute Gasteiger partial charge is 0.166 e. The van der Waals surface area contributed by atoms with E-state index in [9.17, 15) is 26.3 Å². The van der Waals surface area contributed by atoms with Crippen LogP contribution in [0.3, 0.4) is 0 Å². The van der Waals surface area contributed by atoms with Gasteiger partial charge in [-0.1, -0.05) is 6.92 Å². The fourth-order valence-electron chi connectivity index (χ4n) is 1.24. The lowest BCUT2D eigenvalue weighted by molar-refractivity contribution is -0.143. The van der Waals surface area contributed by atoms with Crippen molar-refractivity contribution in [1.82, 2.24) is 0 Å². The Morgan fingerprint density at radius 1 is 0.882 bits per heavy atom. The van der Waals surface area contributed by atoms with Crippen molar-refractivity contribution >= 4 is 9.24 Å². The topological polar surface area (TPSA) is 0 Å². The lowest BCUT2D eigenvalue weighted by Gasteiger charge is -2.15. The molecule has 0 radical (unpaired) electrons. The molecule has 0 saturated heterocycles. The third kappa shape index (κ3) is 3.60. The normalized spacial score (nSPS) is 14.8. The lowest BCUT2D eigenvalue weighted by atomic mass is 10.0. The Labute approximate surface area is 96.2 Å². The van der Waals surface area contributed by atoms with Gasteiger partial charge in [-0.25, -0.2) is 0 Å². The van der Waals surface area contributed by atoms with Crippen molar-refractivity contribution in [2.45, 2.75) is 24.9 Å². The van der Waals surface area contributed by atoms with Crippen molar-refractivity contribution in [2.24, 2.45) is 0 Å². The molecule has 1 rings (SSSR count). The van der Waals surface area contributed by atoms with Gasteiger partial charge in [-0.15, -0.1) is 9.24 Å². The molecular formula is C10H9F6P. The number of halogens is 6. The van der Waals surface area contributed by atoms with E-state index in [1.807, 2.05) is 0 Å². The van der Waals surface area contributed by atoms with Crippen molar-refractivity contribution in [2.75, 3.05) is 0 Å². The minimum Gasteiger partial charge on any atom is -0.166 e. The molecule has 0 amide bonds. The molecule has 0 aliphatic heterocycles. The van der Waals surface area contributed by atoms with Gasteiger partial charge >= 0.3 is 12.4 Å². The Morgan fingerprint density at radius 2 is 1.24 bits per heavy atom. The van der Waals surface area contributed by atoms with Crippen molar-refractivity contribution in [3.05, 3.63) is 34.9 Å². The van der Waals surface area contributed by atoms with Gasteiger partial charge in [0, 0.05) is 0 Å². The van der Waals surface area contributed by atoms with Crippen LogP contribution in [0, 0.1) is 0 Å². The Balaban J connectivity index is 3.40. The molecule has 1 aromatic rings. The van der Waals surface area contributed by atoms with E-state index in [0.29, 0.717) is 0 Å². The molecule has 0 aromatic heterocycles. The van der Waals surface area contributed by atoms with Crippen molar-refractivity contribution in [3.8, 4) is 0 Å². The number of hydrogen-bond acceptors (Lipinski definition) is 0. The summed E-state index contributed by atoms with van der Waals surface area (Å²) in [5.41, 5.74) is -3.07. The molecule has 7 heteroatoms. The van der Waals surface area contributed by atoms with Crippen LogP contribution < -0.4 is 0 Å². The average Bonchev–Trinajstić information content (AvgIpc) is 2.14. The molecule has 2 atom stereocenters. The molecule has 96 valence electrons. The second-order valence-corrected chi connectivity index (χ2v) is 4.63. The van der Waals surface area contributed by atoms with Crippen LogP contribution in [-0.4, -0.2) is 0 Å². The molecule has 17 heavy (non-hydrogen) atoms. The van der Waals surface area contributed by atoms with E-state index in [2.05, 4.69) is 9.24 Å². The Hall–Kier alpha value is -0.770. The molecular weight excluding hydrogens is 265 g/mol. The van der Waals surface area contributed by atoms with Crippen LogP contribution >= 0.6 is 9.24 Å². The fourth-order valence-corrected chi connectivity index (χ4v) is 1.43. The number of alkyl halides is 6. The van der Waals surface area contributed by atoms with Crippen LogP contribution in [-0.2, 0) is 12.4 Å². The van der Waals surface area contributed by atoms with E-state index in [0.717, 1.165) is 12.1 Å². The first-order valence-electron chi connectivity index (χ1n) is 4.57. The predicted molar refractivity (Wildman–Crippen MR) is 54.6 cm³/mol. The van der Waals surface area contributed by atoms with Crippen LogP contribution in [0.25, 0.3) is 0 Å². The summed E-state index contributed by atoms with van der Waals surface area (Å²) in [5, 5.41) is 0. The van der Waals surface area contributed by atoms with Gasteiger partial charge in [0.15, 0.2) is 0 Å². The molecule has 0 fully saturated rings. The third-order valence-electron chi connectivity index (χ3n) is 2.14. The molecule has 0 aliphatic rings. The summed E-state index contributed by atoms with van der Waals surface area (Å²) in [5.74, 6) is 0. The summed E-state index contributed by atoms with van der Waals surface area (Å²) >= 11 is 0. The number of benzene rings is 1. The van der Waals surface area contributed by atoms with Gasteiger partial charge in [-0.05, 0) is 29.4 Å². The van der Waals surface area contributed by atoms with Gasteiger partial charge < -0.3 is 0 Å². The maximum absolute atomic E-state index is 12.4. The maximum Gasteiger partial charge on any atom is 0.416 e. The minimum atomic E-state index is -4.78. The molecule has 0 saturated carbocycles. The Kier molecular flexibility index (Phi) is 3.77. The number of hydrogen-bond donors (Lipinski definition) is 0. The molecule has 1 unspecified atom stereocenters. The standard InChI is InChI=1S/C10H9F6P/c1-5(17)6-2-7(9(11,12)13)4-8(3-6)10(14,15)16/h2-5H,17H2,1H3/t5-/m1/s1. The molecule has 0 spiro atoms. The highest BCUT2D eigenvalue weighted by molar-refractivity contribution is 7.17. The number of rotatable bonds is 1. The van der Waals surface area contributed by atoms with Crippen molar-refractivity contribution in [1.29, 1.82) is 0 Å². The third-order valence-corrected chi connectivity index (χ3v) is 2.52. The van der Waals surface area contributed by atoms with Crippen molar-refractivity contribution in [3.63, 3.8) is 0 Å². The predicted octanol–water partition coefficient (Wildman–Crippen LogP) is 4.66. The summed E-state index contributed by atoms with van der Waals surface area (Å²) in [6, 6.07) is 1.58. The highest BCUT2D eigenvalue weighted by Gasteiger charge is 2.36. The van der Waals surface area contributed by atoms with Crippen LogP contribution in [0.4, 0.5) is 26.3 Å². The summed E-state index contributed by atoms with van der Waals surface area (Å²) in [6.45, 7) is 1.50. The van der Waals surface area contributed by atoms with E-state index in [1.165, 1.54) is 6.92 Å². The quantitative estimate of drug-likeness (QED) is 0.516. The minimum absolute atomic E-state index is 0.0165. The first kappa shape index (κ1) is 14.3. The first-order chi connectivity index (χ1) is 7.51. The van der Waals surface area contributed by atoms with E-state index in [1.54, 1.807) is 0 Å². The Morgan fingerprint density at radius 3 is 1.47 bits per heavy atom. The van der Waals surface area contributed by atoms with Crippen LogP contribution in [0.1, 0.15) is 29.3 Å². The van der Waals surface area contributed by atoms with Crippen LogP contribution in [0.2, 0.25) is 0 Å². The summed E-state index contributed by atoms with van der Waals surface area (Å²) in [6.07, 6.45) is -9.56. The highest BCUT2D eigenvalue weighted by atomic mass is 31.0. The zero-order valence-corrected chi connectivity index (χ0v) is 9.81. The molecule has 0 aliphatic carbocycles. The monoisotopic (exact) mass is 274 g/mol. The fraction of sp³-hybridized carbons (Fsp3) is 0.400. The zero-order valence-electron chi connectivity index (χ0n) is 8.65. The van der Waals surface area contributed by atoms with E-state index >= 15 is 0 Å². The van der Waals surface area contributed by atoms with Crippen LogP contribution in [0.5, 0.6) is 0 Å². The van der Waals surface area contributed by atoms with Gasteiger partial charge in [-0.3, -0.25) is 0 Å². The second kappa shape index (κ2) is 4.48. The first-order valence-corrected chi connectivity index (χ1v) is 5.23. The second-order valence-electron chi connectivity index (χ2n) is 3.63. The van der Waals surface area contributed by atoms with E-state index in [-0.39, 0.29) is 11.6 Å². The van der Waals surface area contributed by atoms with Crippen LogP contribution in [0.15, 0.2) is 18.2 Å². The van der Waals surface area contributed by atoms with Gasteiger partial charge in [0.25, 0.3) is 0 Å². The molecule has 0 nitrogen and oxygen atoms in total. The Bertz CT molecular complexity index is 372. The van der Waals surface area contributed by atoms with Gasteiger partial charge in [0.05, 0.1) is 11.1 Å². The zero-order chi connectivity index (χ0) is 13.4. The molecule has 1 aromatic carbocycles. The molecule has 0 N–H and O–H groups in total. The lowest BCUT2D eigenvalue weighted by Crippen LogP contribution is -2.11. The van der Waals surface area contributed by atoms with E-state index < -0.39 is 29.1 Å². The van der Waals surface area contributed by atoms with Gasteiger partial charge in [0.1, 0.15) is 0 Å².